The molecule has 0 N–H and O–H groups in total. The number of allylic oxidation sites excluding steroid dienone is 1. The number of nitrogens with zero attached hydrogens (tertiary/aromatic N) is 4. The van der Waals surface area contributed by atoms with Crippen LogP contribution in [0, 0.1) is 0 Å². The number of thiazole rings is 1. The largest absolute Gasteiger partial charge is 0.298 e. The normalized spacial score (nSPS) is 11.1. The van der Waals surface area contributed by atoms with Gasteiger partial charge in [0.2, 0.25) is 0 Å². The van der Waals surface area contributed by atoms with E-state index in [0.717, 1.165) is 37.3 Å². The van der Waals surface area contributed by atoms with Gasteiger partial charge in [-0.05, 0) is 24.3 Å². The monoisotopic (exact) mass is 442 g/mol. The van der Waals surface area contributed by atoms with E-state index in [1.165, 1.54) is 4.70 Å². The molecule has 0 aliphatic heterocycles. The van der Waals surface area contributed by atoms with Crippen molar-refractivity contribution in [2.45, 2.75) is 17.5 Å². The van der Waals surface area contributed by atoms with E-state index in [2.05, 4.69) is 43.3 Å². The van der Waals surface area contributed by atoms with Crippen LogP contribution in [0.4, 0.5) is 0 Å². The number of rotatable bonds is 6. The zero-order chi connectivity index (χ0) is 17.9. The maximum atomic E-state index is 4.69. The summed E-state index contributed by atoms with van der Waals surface area (Å²) >= 11 is 6.85. The van der Waals surface area contributed by atoms with Crippen LogP contribution in [0.3, 0.4) is 0 Å². The Kier molecular flexibility index (Phi) is 5.19. The number of benzene rings is 2. The molecule has 0 fully saturated rings. The Hall–Kier alpha value is -1.96. The molecule has 4 aromatic rings. The Balaban J connectivity index is 1.59. The molecular formula is C19H15BrN4S2. The highest BCUT2D eigenvalue weighted by Gasteiger charge is 2.14. The van der Waals surface area contributed by atoms with E-state index in [1.54, 1.807) is 23.1 Å². The zero-order valence-electron chi connectivity index (χ0n) is 13.8. The van der Waals surface area contributed by atoms with E-state index >= 15 is 0 Å². The van der Waals surface area contributed by atoms with E-state index in [-0.39, 0.29) is 0 Å². The van der Waals surface area contributed by atoms with Gasteiger partial charge in [-0.15, -0.1) is 28.1 Å². The van der Waals surface area contributed by atoms with Crippen molar-refractivity contribution in [3.8, 4) is 11.4 Å². The summed E-state index contributed by atoms with van der Waals surface area (Å²) < 4.78 is 4.35. The van der Waals surface area contributed by atoms with Crippen molar-refractivity contribution < 1.29 is 0 Å². The molecule has 26 heavy (non-hydrogen) atoms. The standard InChI is InChI=1S/C19H15BrN4S2/c1-2-11-24-18(13-7-9-14(20)10-8-13)22-23-19(24)25-12-17-21-15-5-3-4-6-16(15)26-17/h2-10H,1,11-12H2. The first-order valence-corrected chi connectivity index (χ1v) is 10.6. The highest BCUT2D eigenvalue weighted by Crippen LogP contribution is 2.30. The molecule has 2 heterocycles. The summed E-state index contributed by atoms with van der Waals surface area (Å²) in [5, 5.41) is 10.8. The molecule has 0 unspecified atom stereocenters. The minimum absolute atomic E-state index is 0.667. The van der Waals surface area contributed by atoms with E-state index in [1.807, 2.05) is 48.5 Å². The molecule has 0 aliphatic rings. The third-order valence-corrected chi connectivity index (χ3v) is 6.52. The highest BCUT2D eigenvalue weighted by molar-refractivity contribution is 9.10. The second-order valence-electron chi connectivity index (χ2n) is 5.58. The average Bonchev–Trinajstić information content (AvgIpc) is 3.25. The van der Waals surface area contributed by atoms with Crippen LogP contribution in [0.1, 0.15) is 5.01 Å². The van der Waals surface area contributed by atoms with Crippen molar-refractivity contribution in [3.05, 3.63) is 70.7 Å². The van der Waals surface area contributed by atoms with Crippen LogP contribution in [0.5, 0.6) is 0 Å². The van der Waals surface area contributed by atoms with Gasteiger partial charge in [-0.1, -0.05) is 58.0 Å². The highest BCUT2D eigenvalue weighted by atomic mass is 79.9. The molecule has 0 saturated heterocycles. The van der Waals surface area contributed by atoms with Gasteiger partial charge in [0, 0.05) is 16.6 Å². The Morgan fingerprint density at radius 1 is 1.12 bits per heavy atom. The van der Waals surface area contributed by atoms with Gasteiger partial charge in [-0.3, -0.25) is 4.57 Å². The van der Waals surface area contributed by atoms with Crippen LogP contribution >= 0.6 is 39.0 Å². The molecule has 7 heteroatoms. The summed E-state index contributed by atoms with van der Waals surface area (Å²) in [5.74, 6) is 1.62. The predicted octanol–water partition coefficient (Wildman–Crippen LogP) is 5.80. The van der Waals surface area contributed by atoms with Crippen LogP contribution < -0.4 is 0 Å². The molecule has 0 bridgehead atoms. The molecule has 0 atom stereocenters. The molecule has 0 radical (unpaired) electrons. The zero-order valence-corrected chi connectivity index (χ0v) is 17.0. The fourth-order valence-electron chi connectivity index (χ4n) is 2.61. The van der Waals surface area contributed by atoms with E-state index in [9.17, 15) is 0 Å². The minimum atomic E-state index is 0.667. The number of thioether (sulfide) groups is 1. The van der Waals surface area contributed by atoms with Gasteiger partial charge >= 0.3 is 0 Å². The summed E-state index contributed by atoms with van der Waals surface area (Å²) in [7, 11) is 0. The van der Waals surface area contributed by atoms with Gasteiger partial charge in [0.25, 0.3) is 0 Å². The van der Waals surface area contributed by atoms with Crippen LogP contribution in [0.15, 0.2) is 70.8 Å². The number of para-hydroxylation sites is 1. The van der Waals surface area contributed by atoms with Crippen molar-refractivity contribution in [1.29, 1.82) is 0 Å². The molecule has 4 nitrogen and oxygen atoms in total. The maximum Gasteiger partial charge on any atom is 0.192 e. The first-order valence-electron chi connectivity index (χ1n) is 8.02. The SMILES string of the molecule is C=CCn1c(SCc2nc3ccccc3s2)nnc1-c1ccc(Br)cc1. The molecule has 2 aromatic carbocycles. The number of halogens is 1. The number of aromatic nitrogens is 4. The van der Waals surface area contributed by atoms with Gasteiger partial charge in [-0.2, -0.15) is 0 Å². The van der Waals surface area contributed by atoms with Gasteiger partial charge in [-0.25, -0.2) is 4.98 Å². The van der Waals surface area contributed by atoms with Gasteiger partial charge in [0.15, 0.2) is 11.0 Å². The first kappa shape index (κ1) is 17.5. The molecular weight excluding hydrogens is 428 g/mol. The summed E-state index contributed by atoms with van der Waals surface area (Å²) in [6, 6.07) is 16.3. The lowest BCUT2D eigenvalue weighted by atomic mass is 10.2. The van der Waals surface area contributed by atoms with Crippen molar-refractivity contribution in [2.75, 3.05) is 0 Å². The Morgan fingerprint density at radius 2 is 1.92 bits per heavy atom. The third-order valence-electron chi connectivity index (χ3n) is 3.79. The van der Waals surface area contributed by atoms with Crippen LogP contribution in [0.2, 0.25) is 0 Å². The Bertz CT molecular complexity index is 1020. The maximum absolute atomic E-state index is 4.69. The van der Waals surface area contributed by atoms with E-state index in [4.69, 9.17) is 4.98 Å². The summed E-state index contributed by atoms with van der Waals surface area (Å²) in [6.07, 6.45) is 1.87. The Labute approximate surface area is 168 Å². The quantitative estimate of drug-likeness (QED) is 0.279. The topological polar surface area (TPSA) is 43.6 Å². The third kappa shape index (κ3) is 3.60. The smallest absolute Gasteiger partial charge is 0.192 e. The van der Waals surface area contributed by atoms with Gasteiger partial charge in [0.1, 0.15) is 5.01 Å². The van der Waals surface area contributed by atoms with Gasteiger partial charge < -0.3 is 0 Å². The lowest BCUT2D eigenvalue weighted by molar-refractivity contribution is 0.731. The van der Waals surface area contributed by atoms with E-state index in [0.29, 0.717) is 6.54 Å². The summed E-state index contributed by atoms with van der Waals surface area (Å²) in [4.78, 5) is 4.69. The summed E-state index contributed by atoms with van der Waals surface area (Å²) in [6.45, 7) is 4.54. The number of hydrogen-bond donors (Lipinski definition) is 0. The lowest BCUT2D eigenvalue weighted by Gasteiger charge is -2.07. The molecule has 0 amide bonds. The van der Waals surface area contributed by atoms with Crippen molar-refractivity contribution in [3.63, 3.8) is 0 Å². The van der Waals surface area contributed by atoms with Crippen molar-refractivity contribution in [1.82, 2.24) is 19.7 Å². The van der Waals surface area contributed by atoms with Gasteiger partial charge in [0.05, 0.1) is 16.0 Å². The van der Waals surface area contributed by atoms with E-state index < -0.39 is 0 Å². The Morgan fingerprint density at radius 3 is 2.69 bits per heavy atom. The second-order valence-corrected chi connectivity index (χ2v) is 8.55. The fourth-order valence-corrected chi connectivity index (χ4v) is 4.78. The van der Waals surface area contributed by atoms with Crippen molar-refractivity contribution in [2.24, 2.45) is 0 Å². The molecule has 0 aliphatic carbocycles. The number of hydrogen-bond acceptors (Lipinski definition) is 5. The number of fused-ring (bicyclic) bond motifs is 1. The van der Waals surface area contributed by atoms with Crippen LogP contribution in [-0.4, -0.2) is 19.7 Å². The second kappa shape index (κ2) is 7.73. The minimum Gasteiger partial charge on any atom is -0.298 e. The first-order chi connectivity index (χ1) is 12.7. The van der Waals surface area contributed by atoms with Crippen molar-refractivity contribution >= 4 is 49.2 Å². The fraction of sp³-hybridized carbons (Fsp3) is 0.105. The van der Waals surface area contributed by atoms with Crippen LogP contribution in [0.25, 0.3) is 21.6 Å². The molecule has 0 saturated carbocycles. The molecule has 130 valence electrons. The average molecular weight is 443 g/mol. The molecule has 2 aromatic heterocycles. The lowest BCUT2D eigenvalue weighted by Crippen LogP contribution is -2.00. The van der Waals surface area contributed by atoms with Crippen LogP contribution in [-0.2, 0) is 12.3 Å². The molecule has 4 rings (SSSR count). The predicted molar refractivity (Wildman–Crippen MR) is 113 cm³/mol. The summed E-state index contributed by atoms with van der Waals surface area (Å²) in [5.41, 5.74) is 2.09. The molecule has 0 spiro atoms.